The Bertz CT molecular complexity index is 783. The number of pyridine rings is 1. The number of nitrogens with two attached hydrogens (primary N) is 1. The minimum atomic E-state index is 0.227. The Hall–Kier alpha value is -2.96. The minimum Gasteiger partial charge on any atom is -0.454 e. The maximum atomic E-state index is 5.79. The number of ether oxygens (including phenoxy) is 1. The van der Waals surface area contributed by atoms with E-state index in [2.05, 4.69) is 20.1 Å². The third-order valence-corrected chi connectivity index (χ3v) is 2.91. The summed E-state index contributed by atoms with van der Waals surface area (Å²) >= 11 is 0. The summed E-state index contributed by atoms with van der Waals surface area (Å²) in [4.78, 5) is 12.3. The first-order chi connectivity index (χ1) is 10.1. The molecule has 0 radical (unpaired) electrons. The van der Waals surface area contributed by atoms with Gasteiger partial charge in [-0.1, -0.05) is 0 Å². The SMILES string of the molecule is Cc1nc(N)ncc1Oc1ccnc(-c2cnn(C)c2)c1. The first-order valence-electron chi connectivity index (χ1n) is 6.34. The summed E-state index contributed by atoms with van der Waals surface area (Å²) in [5.74, 6) is 1.44. The van der Waals surface area contributed by atoms with Crippen LogP contribution in [0.1, 0.15) is 5.69 Å². The Morgan fingerprint density at radius 2 is 2.10 bits per heavy atom. The second-order valence-corrected chi connectivity index (χ2v) is 4.56. The van der Waals surface area contributed by atoms with Gasteiger partial charge in [-0.15, -0.1) is 0 Å². The van der Waals surface area contributed by atoms with Crippen molar-refractivity contribution < 1.29 is 4.74 Å². The molecule has 0 spiro atoms. The van der Waals surface area contributed by atoms with E-state index in [1.807, 2.05) is 26.2 Å². The van der Waals surface area contributed by atoms with Gasteiger partial charge in [-0.2, -0.15) is 5.10 Å². The van der Waals surface area contributed by atoms with Gasteiger partial charge in [0, 0.05) is 31.1 Å². The predicted molar refractivity (Wildman–Crippen MR) is 77.7 cm³/mol. The van der Waals surface area contributed by atoms with Crippen molar-refractivity contribution in [2.45, 2.75) is 6.92 Å². The molecule has 0 fully saturated rings. The van der Waals surface area contributed by atoms with E-state index in [1.165, 1.54) is 0 Å². The van der Waals surface area contributed by atoms with Gasteiger partial charge in [-0.05, 0) is 13.0 Å². The molecule has 106 valence electrons. The standard InChI is InChI=1S/C14H14N6O/c1-9-13(7-17-14(15)19-9)21-11-3-4-16-12(5-11)10-6-18-20(2)8-10/h3-8H,1-2H3,(H2,15,17,19). The summed E-state index contributed by atoms with van der Waals surface area (Å²) in [6.45, 7) is 1.82. The molecular weight excluding hydrogens is 268 g/mol. The van der Waals surface area contributed by atoms with E-state index in [0.717, 1.165) is 11.3 Å². The maximum absolute atomic E-state index is 5.79. The van der Waals surface area contributed by atoms with Crippen LogP contribution in [-0.2, 0) is 7.05 Å². The highest BCUT2D eigenvalue weighted by Gasteiger charge is 2.07. The predicted octanol–water partition coefficient (Wildman–Crippen LogP) is 1.96. The fraction of sp³-hybridized carbons (Fsp3) is 0.143. The van der Waals surface area contributed by atoms with Crippen molar-refractivity contribution in [3.8, 4) is 22.8 Å². The molecule has 0 aliphatic rings. The van der Waals surface area contributed by atoms with Gasteiger partial charge in [0.1, 0.15) is 5.75 Å². The highest BCUT2D eigenvalue weighted by molar-refractivity contribution is 5.58. The van der Waals surface area contributed by atoms with Crippen LogP contribution >= 0.6 is 0 Å². The van der Waals surface area contributed by atoms with E-state index in [9.17, 15) is 0 Å². The minimum absolute atomic E-state index is 0.227. The van der Waals surface area contributed by atoms with Crippen LogP contribution in [0.4, 0.5) is 5.95 Å². The lowest BCUT2D eigenvalue weighted by Crippen LogP contribution is -1.98. The number of hydrogen-bond acceptors (Lipinski definition) is 6. The summed E-state index contributed by atoms with van der Waals surface area (Å²) in [5, 5.41) is 4.13. The molecule has 3 aromatic rings. The normalized spacial score (nSPS) is 10.6. The molecule has 0 atom stereocenters. The molecule has 21 heavy (non-hydrogen) atoms. The number of hydrogen-bond donors (Lipinski definition) is 1. The smallest absolute Gasteiger partial charge is 0.220 e. The Balaban J connectivity index is 1.89. The van der Waals surface area contributed by atoms with Gasteiger partial charge in [0.25, 0.3) is 0 Å². The number of rotatable bonds is 3. The average molecular weight is 282 g/mol. The molecule has 0 saturated heterocycles. The third kappa shape index (κ3) is 2.81. The second-order valence-electron chi connectivity index (χ2n) is 4.56. The molecule has 0 saturated carbocycles. The molecule has 0 aliphatic carbocycles. The quantitative estimate of drug-likeness (QED) is 0.789. The zero-order chi connectivity index (χ0) is 14.8. The van der Waals surface area contributed by atoms with Crippen LogP contribution in [0.5, 0.6) is 11.5 Å². The number of anilines is 1. The van der Waals surface area contributed by atoms with Crippen molar-refractivity contribution in [2.24, 2.45) is 7.05 Å². The van der Waals surface area contributed by atoms with E-state index in [1.54, 1.807) is 29.3 Å². The van der Waals surface area contributed by atoms with Gasteiger partial charge in [-0.3, -0.25) is 9.67 Å². The second kappa shape index (κ2) is 5.20. The van der Waals surface area contributed by atoms with E-state index < -0.39 is 0 Å². The first kappa shape index (κ1) is 13.0. The van der Waals surface area contributed by atoms with Crippen LogP contribution in [0.15, 0.2) is 36.9 Å². The van der Waals surface area contributed by atoms with Gasteiger partial charge in [0.05, 0.1) is 23.8 Å². The van der Waals surface area contributed by atoms with E-state index in [-0.39, 0.29) is 5.95 Å². The molecule has 0 amide bonds. The summed E-state index contributed by atoms with van der Waals surface area (Å²) in [6.07, 6.45) is 6.89. The monoisotopic (exact) mass is 282 g/mol. The van der Waals surface area contributed by atoms with Crippen molar-refractivity contribution in [1.29, 1.82) is 0 Å². The van der Waals surface area contributed by atoms with Gasteiger partial charge in [-0.25, -0.2) is 9.97 Å². The number of nitrogens with zero attached hydrogens (tertiary/aromatic N) is 5. The zero-order valence-corrected chi connectivity index (χ0v) is 11.7. The molecule has 0 aromatic carbocycles. The molecule has 3 rings (SSSR count). The van der Waals surface area contributed by atoms with Gasteiger partial charge in [0.2, 0.25) is 5.95 Å². The van der Waals surface area contributed by atoms with E-state index in [0.29, 0.717) is 17.2 Å². The Labute approximate surface area is 121 Å². The van der Waals surface area contributed by atoms with Crippen LogP contribution in [0.2, 0.25) is 0 Å². The number of nitrogen functional groups attached to an aromatic ring is 1. The number of aryl methyl sites for hydroxylation is 2. The fourth-order valence-electron chi connectivity index (χ4n) is 1.89. The molecule has 0 bridgehead atoms. The summed E-state index contributed by atoms with van der Waals surface area (Å²) < 4.78 is 7.51. The van der Waals surface area contributed by atoms with Gasteiger partial charge >= 0.3 is 0 Å². The van der Waals surface area contributed by atoms with Crippen LogP contribution in [0.25, 0.3) is 11.3 Å². The fourth-order valence-corrected chi connectivity index (χ4v) is 1.89. The molecule has 0 aliphatic heterocycles. The first-order valence-corrected chi connectivity index (χ1v) is 6.34. The van der Waals surface area contributed by atoms with Crippen LogP contribution < -0.4 is 10.5 Å². The molecule has 3 heterocycles. The lowest BCUT2D eigenvalue weighted by atomic mass is 10.2. The van der Waals surface area contributed by atoms with Crippen molar-refractivity contribution in [1.82, 2.24) is 24.7 Å². The molecule has 2 N–H and O–H groups in total. The van der Waals surface area contributed by atoms with Crippen molar-refractivity contribution in [3.63, 3.8) is 0 Å². The average Bonchev–Trinajstić information content (AvgIpc) is 2.89. The molecular formula is C14H14N6O. The lowest BCUT2D eigenvalue weighted by molar-refractivity contribution is 0.472. The summed E-state index contributed by atoms with van der Waals surface area (Å²) in [6, 6.07) is 3.61. The lowest BCUT2D eigenvalue weighted by Gasteiger charge is -2.08. The van der Waals surface area contributed by atoms with Crippen molar-refractivity contribution in [3.05, 3.63) is 42.6 Å². The molecule has 3 aromatic heterocycles. The van der Waals surface area contributed by atoms with Crippen LogP contribution in [0.3, 0.4) is 0 Å². The topological polar surface area (TPSA) is 91.7 Å². The van der Waals surface area contributed by atoms with Gasteiger partial charge < -0.3 is 10.5 Å². The highest BCUT2D eigenvalue weighted by atomic mass is 16.5. The Morgan fingerprint density at radius 3 is 2.81 bits per heavy atom. The maximum Gasteiger partial charge on any atom is 0.220 e. The summed E-state index contributed by atoms with van der Waals surface area (Å²) in [5.41, 5.74) is 7.92. The van der Waals surface area contributed by atoms with Crippen LogP contribution in [-0.4, -0.2) is 24.7 Å². The highest BCUT2D eigenvalue weighted by Crippen LogP contribution is 2.26. The molecule has 0 unspecified atom stereocenters. The van der Waals surface area contributed by atoms with E-state index >= 15 is 0 Å². The molecule has 7 heteroatoms. The van der Waals surface area contributed by atoms with Gasteiger partial charge in [0.15, 0.2) is 5.75 Å². The largest absolute Gasteiger partial charge is 0.454 e. The summed E-state index contributed by atoms with van der Waals surface area (Å²) in [7, 11) is 1.86. The van der Waals surface area contributed by atoms with Crippen molar-refractivity contribution >= 4 is 5.95 Å². The Morgan fingerprint density at radius 1 is 1.24 bits per heavy atom. The van der Waals surface area contributed by atoms with Crippen LogP contribution in [0, 0.1) is 6.92 Å². The van der Waals surface area contributed by atoms with Crippen molar-refractivity contribution in [2.75, 3.05) is 5.73 Å². The third-order valence-electron chi connectivity index (χ3n) is 2.91. The molecule has 7 nitrogen and oxygen atoms in total. The Kier molecular flexibility index (Phi) is 3.23. The van der Waals surface area contributed by atoms with E-state index in [4.69, 9.17) is 10.5 Å². The number of aromatic nitrogens is 5. The zero-order valence-electron chi connectivity index (χ0n) is 11.7.